The van der Waals surface area contributed by atoms with Gasteiger partial charge in [0.1, 0.15) is 0 Å². The Bertz CT molecular complexity index is 412. The van der Waals surface area contributed by atoms with Crippen molar-refractivity contribution in [3.63, 3.8) is 0 Å². The van der Waals surface area contributed by atoms with Crippen molar-refractivity contribution in [3.8, 4) is 0 Å². The monoisotopic (exact) mass is 234 g/mol. The van der Waals surface area contributed by atoms with Crippen LogP contribution >= 0.6 is 0 Å². The van der Waals surface area contributed by atoms with Crippen molar-refractivity contribution in [2.75, 3.05) is 0 Å². The molecule has 5 heteroatoms. The number of rotatable bonds is 4. The fourth-order valence-corrected chi connectivity index (χ4v) is 2.01. The van der Waals surface area contributed by atoms with Crippen LogP contribution < -0.4 is 10.6 Å². The summed E-state index contributed by atoms with van der Waals surface area (Å²) in [5.74, 6) is 0.0352. The number of carbonyl (C=O) groups is 1. The predicted molar refractivity (Wildman–Crippen MR) is 65.3 cm³/mol. The molecule has 2 heterocycles. The van der Waals surface area contributed by atoms with Crippen molar-refractivity contribution >= 4 is 5.91 Å². The van der Waals surface area contributed by atoms with E-state index in [0.717, 1.165) is 17.8 Å². The molecule has 1 amide bonds. The van der Waals surface area contributed by atoms with E-state index in [9.17, 15) is 4.79 Å². The van der Waals surface area contributed by atoms with Crippen molar-refractivity contribution in [1.82, 2.24) is 20.6 Å². The summed E-state index contributed by atoms with van der Waals surface area (Å²) in [7, 11) is 0. The van der Waals surface area contributed by atoms with Crippen LogP contribution in [0.1, 0.15) is 24.7 Å². The van der Waals surface area contributed by atoms with E-state index in [1.54, 1.807) is 6.33 Å². The van der Waals surface area contributed by atoms with Gasteiger partial charge in [0.25, 0.3) is 0 Å². The number of aromatic nitrogens is 2. The molecule has 0 fully saturated rings. The van der Waals surface area contributed by atoms with E-state index in [-0.39, 0.29) is 18.0 Å². The molecule has 2 unspecified atom stereocenters. The predicted octanol–water partition coefficient (Wildman–Crippen LogP) is 0.505. The fraction of sp³-hybridized carbons (Fsp3) is 0.500. The second-order valence-electron chi connectivity index (χ2n) is 4.40. The second-order valence-corrected chi connectivity index (χ2v) is 4.40. The minimum absolute atomic E-state index is 0.0352. The number of hydrogen-bond donors (Lipinski definition) is 3. The van der Waals surface area contributed by atoms with Gasteiger partial charge in [-0.3, -0.25) is 10.1 Å². The number of fused-ring (bicyclic) bond motifs is 1. The average Bonchev–Trinajstić information content (AvgIpc) is 2.75. The van der Waals surface area contributed by atoms with Gasteiger partial charge in [-0.15, -0.1) is 6.58 Å². The van der Waals surface area contributed by atoms with Gasteiger partial charge in [-0.2, -0.15) is 0 Å². The quantitative estimate of drug-likeness (QED) is 0.665. The van der Waals surface area contributed by atoms with E-state index >= 15 is 0 Å². The number of amides is 1. The molecular formula is C12H18N4O. The molecule has 0 radical (unpaired) electrons. The van der Waals surface area contributed by atoms with E-state index < -0.39 is 0 Å². The lowest BCUT2D eigenvalue weighted by Gasteiger charge is -2.23. The zero-order chi connectivity index (χ0) is 12.3. The minimum Gasteiger partial charge on any atom is -0.352 e. The molecule has 1 aromatic heterocycles. The van der Waals surface area contributed by atoms with Gasteiger partial charge in [-0.1, -0.05) is 6.08 Å². The van der Waals surface area contributed by atoms with Gasteiger partial charge in [0, 0.05) is 19.0 Å². The van der Waals surface area contributed by atoms with Gasteiger partial charge in [0.15, 0.2) is 0 Å². The molecule has 92 valence electrons. The van der Waals surface area contributed by atoms with E-state index in [0.29, 0.717) is 13.0 Å². The molecule has 5 nitrogen and oxygen atoms in total. The summed E-state index contributed by atoms with van der Waals surface area (Å²) in [6, 6.07) is -0.0551. The van der Waals surface area contributed by atoms with Crippen LogP contribution in [0.15, 0.2) is 19.0 Å². The Kier molecular flexibility index (Phi) is 3.58. The molecule has 0 saturated heterocycles. The molecule has 0 aromatic carbocycles. The van der Waals surface area contributed by atoms with Crippen molar-refractivity contribution in [2.45, 2.75) is 38.4 Å². The first-order chi connectivity index (χ1) is 8.20. The molecular weight excluding hydrogens is 216 g/mol. The first-order valence-electron chi connectivity index (χ1n) is 5.86. The first-order valence-corrected chi connectivity index (χ1v) is 5.86. The van der Waals surface area contributed by atoms with Gasteiger partial charge >= 0.3 is 0 Å². The Labute approximate surface area is 101 Å². The zero-order valence-corrected chi connectivity index (χ0v) is 9.99. The van der Waals surface area contributed by atoms with Crippen LogP contribution in [-0.2, 0) is 17.8 Å². The molecule has 2 rings (SSSR count). The number of aromatic amines is 1. The maximum absolute atomic E-state index is 12.0. The van der Waals surface area contributed by atoms with Crippen LogP contribution in [0.3, 0.4) is 0 Å². The van der Waals surface area contributed by atoms with Crippen molar-refractivity contribution in [1.29, 1.82) is 0 Å². The summed E-state index contributed by atoms with van der Waals surface area (Å²) in [6.45, 7) is 6.31. The van der Waals surface area contributed by atoms with E-state index in [2.05, 4.69) is 27.2 Å². The van der Waals surface area contributed by atoms with Crippen molar-refractivity contribution in [3.05, 3.63) is 30.4 Å². The van der Waals surface area contributed by atoms with Gasteiger partial charge < -0.3 is 10.3 Å². The Morgan fingerprint density at radius 1 is 1.82 bits per heavy atom. The van der Waals surface area contributed by atoms with Gasteiger partial charge in [0.05, 0.1) is 23.8 Å². The standard InChI is InChI=1S/C12H18N4O/c1-3-4-8(2)16-12(17)10-5-9-11(6-13-10)15-7-14-9/h3,7-8,10,13H,1,4-6H2,2H3,(H,14,15)(H,16,17). The normalized spacial score (nSPS) is 20.4. The van der Waals surface area contributed by atoms with Crippen LogP contribution in [0.5, 0.6) is 0 Å². The highest BCUT2D eigenvalue weighted by molar-refractivity contribution is 5.82. The minimum atomic E-state index is -0.182. The van der Waals surface area contributed by atoms with Gasteiger partial charge in [-0.05, 0) is 13.3 Å². The molecule has 0 spiro atoms. The van der Waals surface area contributed by atoms with Crippen LogP contribution in [0.4, 0.5) is 0 Å². The Morgan fingerprint density at radius 2 is 2.65 bits per heavy atom. The molecule has 0 bridgehead atoms. The number of imidazole rings is 1. The summed E-state index contributed by atoms with van der Waals surface area (Å²) in [4.78, 5) is 19.2. The molecule has 1 aliphatic rings. The third-order valence-electron chi connectivity index (χ3n) is 2.96. The van der Waals surface area contributed by atoms with Crippen LogP contribution in [0.2, 0.25) is 0 Å². The molecule has 0 aliphatic carbocycles. The first kappa shape index (κ1) is 11.9. The Balaban J connectivity index is 1.92. The van der Waals surface area contributed by atoms with Crippen molar-refractivity contribution in [2.24, 2.45) is 0 Å². The van der Waals surface area contributed by atoms with E-state index in [4.69, 9.17) is 0 Å². The number of nitrogens with zero attached hydrogens (tertiary/aromatic N) is 1. The highest BCUT2D eigenvalue weighted by atomic mass is 16.2. The second kappa shape index (κ2) is 5.14. The summed E-state index contributed by atoms with van der Waals surface area (Å²) >= 11 is 0. The number of carbonyl (C=O) groups excluding carboxylic acids is 1. The zero-order valence-electron chi connectivity index (χ0n) is 9.99. The largest absolute Gasteiger partial charge is 0.352 e. The molecule has 2 atom stereocenters. The van der Waals surface area contributed by atoms with Gasteiger partial charge in [-0.25, -0.2) is 4.98 Å². The summed E-state index contributed by atoms with van der Waals surface area (Å²) < 4.78 is 0. The van der Waals surface area contributed by atoms with E-state index in [1.807, 2.05) is 13.0 Å². The lowest BCUT2D eigenvalue weighted by atomic mass is 10.0. The number of H-pyrrole nitrogens is 1. The molecule has 17 heavy (non-hydrogen) atoms. The SMILES string of the molecule is C=CCC(C)NC(=O)C1Cc2nc[nH]c2CN1. The summed E-state index contributed by atoms with van der Waals surface area (Å²) in [6.07, 6.45) is 4.91. The van der Waals surface area contributed by atoms with Crippen molar-refractivity contribution < 1.29 is 4.79 Å². The van der Waals surface area contributed by atoms with Crippen LogP contribution in [0, 0.1) is 0 Å². The Morgan fingerprint density at radius 3 is 3.41 bits per heavy atom. The lowest BCUT2D eigenvalue weighted by Crippen LogP contribution is -2.49. The van der Waals surface area contributed by atoms with Crippen LogP contribution in [0.25, 0.3) is 0 Å². The number of nitrogens with one attached hydrogen (secondary N) is 3. The smallest absolute Gasteiger partial charge is 0.237 e. The number of hydrogen-bond acceptors (Lipinski definition) is 3. The summed E-state index contributed by atoms with van der Waals surface area (Å²) in [5.41, 5.74) is 2.06. The maximum Gasteiger partial charge on any atom is 0.237 e. The lowest BCUT2D eigenvalue weighted by molar-refractivity contribution is -0.123. The highest BCUT2D eigenvalue weighted by Gasteiger charge is 2.26. The molecule has 1 aromatic rings. The van der Waals surface area contributed by atoms with E-state index in [1.165, 1.54) is 0 Å². The van der Waals surface area contributed by atoms with Crippen LogP contribution in [-0.4, -0.2) is 28.0 Å². The third-order valence-corrected chi connectivity index (χ3v) is 2.96. The maximum atomic E-state index is 12.0. The van der Waals surface area contributed by atoms with Gasteiger partial charge in [0.2, 0.25) is 5.91 Å². The molecule has 3 N–H and O–H groups in total. The fourth-order valence-electron chi connectivity index (χ4n) is 2.01. The Hall–Kier alpha value is -1.62. The molecule has 0 saturated carbocycles. The summed E-state index contributed by atoms with van der Waals surface area (Å²) in [5, 5.41) is 6.16. The third kappa shape index (κ3) is 2.74. The highest BCUT2D eigenvalue weighted by Crippen LogP contribution is 2.12. The average molecular weight is 234 g/mol. The molecule has 1 aliphatic heterocycles. The topological polar surface area (TPSA) is 69.8 Å².